The highest BCUT2D eigenvalue weighted by atomic mass is 16.5. The molecular formula is C17H21N3O. The van der Waals surface area contributed by atoms with Gasteiger partial charge in [0.25, 0.3) is 0 Å². The van der Waals surface area contributed by atoms with E-state index in [0.29, 0.717) is 5.56 Å². The van der Waals surface area contributed by atoms with Gasteiger partial charge in [-0.25, -0.2) is 4.98 Å². The monoisotopic (exact) mass is 283 g/mol. The third-order valence-corrected chi connectivity index (χ3v) is 3.25. The molecule has 1 heterocycles. The highest BCUT2D eigenvalue weighted by molar-refractivity contribution is 5.86. The fourth-order valence-electron chi connectivity index (χ4n) is 2.10. The van der Waals surface area contributed by atoms with Gasteiger partial charge in [-0.2, -0.15) is 5.26 Å². The fourth-order valence-corrected chi connectivity index (χ4v) is 2.10. The zero-order chi connectivity index (χ0) is 14.9. The molecule has 0 aliphatic heterocycles. The number of nitrogens with zero attached hydrogens (tertiary/aromatic N) is 2. The van der Waals surface area contributed by atoms with Gasteiger partial charge in [0.2, 0.25) is 0 Å². The molecule has 0 saturated heterocycles. The number of nitrogens with one attached hydrogen (secondary N) is 1. The average Bonchev–Trinajstić information content (AvgIpc) is 2.53. The van der Waals surface area contributed by atoms with Gasteiger partial charge < -0.3 is 10.1 Å². The summed E-state index contributed by atoms with van der Waals surface area (Å²) in [5, 5.41) is 13.4. The van der Waals surface area contributed by atoms with Crippen LogP contribution in [0.15, 0.2) is 30.3 Å². The van der Waals surface area contributed by atoms with Crippen LogP contribution in [0.2, 0.25) is 0 Å². The van der Waals surface area contributed by atoms with Crippen LogP contribution in [-0.2, 0) is 4.74 Å². The minimum absolute atomic E-state index is 0.655. The van der Waals surface area contributed by atoms with Crippen molar-refractivity contribution < 1.29 is 4.74 Å². The van der Waals surface area contributed by atoms with E-state index in [1.54, 1.807) is 6.07 Å². The molecule has 4 nitrogen and oxygen atoms in total. The number of unbranched alkanes of at least 4 members (excludes halogenated alkanes) is 1. The number of rotatable bonds is 8. The second-order valence-corrected chi connectivity index (χ2v) is 4.93. The largest absolute Gasteiger partial charge is 0.381 e. The van der Waals surface area contributed by atoms with Gasteiger partial charge in [-0.15, -0.1) is 0 Å². The van der Waals surface area contributed by atoms with Crippen molar-refractivity contribution in [1.29, 1.82) is 5.26 Å². The van der Waals surface area contributed by atoms with Crippen LogP contribution in [0, 0.1) is 11.3 Å². The van der Waals surface area contributed by atoms with Crippen molar-refractivity contribution in [3.8, 4) is 6.07 Å². The Morgan fingerprint density at radius 1 is 1.24 bits per heavy atom. The number of hydrogen-bond acceptors (Lipinski definition) is 4. The second kappa shape index (κ2) is 8.23. The van der Waals surface area contributed by atoms with Gasteiger partial charge in [0.05, 0.1) is 17.1 Å². The lowest BCUT2D eigenvalue weighted by Crippen LogP contribution is -2.07. The molecule has 0 radical (unpaired) electrons. The summed E-state index contributed by atoms with van der Waals surface area (Å²) in [4.78, 5) is 4.53. The number of aromatic nitrogens is 1. The normalized spacial score (nSPS) is 10.5. The van der Waals surface area contributed by atoms with Crippen LogP contribution in [0.4, 0.5) is 5.82 Å². The molecular weight excluding hydrogens is 262 g/mol. The molecule has 2 rings (SSSR count). The average molecular weight is 283 g/mol. The summed E-state index contributed by atoms with van der Waals surface area (Å²) in [6.45, 7) is 4.54. The SMILES string of the molecule is CCCCOCCCNc1cc(C#N)c2ccccc2n1. The molecule has 110 valence electrons. The van der Waals surface area contributed by atoms with E-state index in [-0.39, 0.29) is 0 Å². The molecule has 1 N–H and O–H groups in total. The first-order chi connectivity index (χ1) is 10.3. The van der Waals surface area contributed by atoms with Gasteiger partial charge in [0.15, 0.2) is 0 Å². The fraction of sp³-hybridized carbons (Fsp3) is 0.412. The van der Waals surface area contributed by atoms with Crippen LogP contribution >= 0.6 is 0 Å². The van der Waals surface area contributed by atoms with Crippen LogP contribution in [-0.4, -0.2) is 24.7 Å². The van der Waals surface area contributed by atoms with E-state index in [9.17, 15) is 5.26 Å². The van der Waals surface area contributed by atoms with Crippen molar-refractivity contribution in [2.45, 2.75) is 26.2 Å². The number of nitriles is 1. The van der Waals surface area contributed by atoms with E-state index >= 15 is 0 Å². The first-order valence-electron chi connectivity index (χ1n) is 7.46. The second-order valence-electron chi connectivity index (χ2n) is 4.93. The number of hydrogen-bond donors (Lipinski definition) is 1. The number of anilines is 1. The third kappa shape index (κ3) is 4.44. The molecule has 2 aromatic rings. The van der Waals surface area contributed by atoms with Gasteiger partial charge in [-0.1, -0.05) is 31.5 Å². The Labute approximate surface area is 125 Å². The minimum atomic E-state index is 0.655. The predicted octanol–water partition coefficient (Wildman–Crippen LogP) is 3.73. The summed E-state index contributed by atoms with van der Waals surface area (Å²) in [6, 6.07) is 11.7. The van der Waals surface area contributed by atoms with Crippen molar-refractivity contribution in [3.63, 3.8) is 0 Å². The summed E-state index contributed by atoms with van der Waals surface area (Å²) in [5.41, 5.74) is 1.50. The van der Waals surface area contributed by atoms with Gasteiger partial charge in [0, 0.05) is 25.1 Å². The molecule has 0 amide bonds. The lowest BCUT2D eigenvalue weighted by Gasteiger charge is -2.08. The lowest BCUT2D eigenvalue weighted by atomic mass is 10.1. The summed E-state index contributed by atoms with van der Waals surface area (Å²) in [5.74, 6) is 0.749. The molecule has 0 atom stereocenters. The van der Waals surface area contributed by atoms with Gasteiger partial charge >= 0.3 is 0 Å². The topological polar surface area (TPSA) is 57.9 Å². The maximum atomic E-state index is 9.23. The standard InChI is InChI=1S/C17H21N3O/c1-2-3-10-21-11-6-9-19-17-12-14(13-18)15-7-4-5-8-16(15)20-17/h4-5,7-8,12H,2-3,6,9-11H2,1H3,(H,19,20). The molecule has 0 unspecified atom stereocenters. The van der Waals surface area contributed by atoms with E-state index < -0.39 is 0 Å². The zero-order valence-electron chi connectivity index (χ0n) is 12.4. The summed E-state index contributed by atoms with van der Waals surface area (Å²) >= 11 is 0. The van der Waals surface area contributed by atoms with E-state index in [0.717, 1.165) is 55.7 Å². The van der Waals surface area contributed by atoms with Crippen molar-refractivity contribution in [2.75, 3.05) is 25.1 Å². The highest BCUT2D eigenvalue weighted by Crippen LogP contribution is 2.19. The molecule has 0 fully saturated rings. The maximum Gasteiger partial charge on any atom is 0.127 e. The van der Waals surface area contributed by atoms with E-state index in [4.69, 9.17) is 4.74 Å². The molecule has 0 spiro atoms. The van der Waals surface area contributed by atoms with Crippen LogP contribution in [0.1, 0.15) is 31.7 Å². The number of fused-ring (bicyclic) bond motifs is 1. The number of ether oxygens (including phenoxy) is 1. The van der Waals surface area contributed by atoms with Crippen LogP contribution < -0.4 is 5.32 Å². The van der Waals surface area contributed by atoms with Crippen molar-refractivity contribution in [3.05, 3.63) is 35.9 Å². The highest BCUT2D eigenvalue weighted by Gasteiger charge is 2.04. The Kier molecular flexibility index (Phi) is 5.99. The quantitative estimate of drug-likeness (QED) is 0.750. The molecule has 0 saturated carbocycles. The van der Waals surface area contributed by atoms with Crippen LogP contribution in [0.3, 0.4) is 0 Å². The van der Waals surface area contributed by atoms with E-state index in [1.165, 1.54) is 0 Å². The smallest absolute Gasteiger partial charge is 0.127 e. The zero-order valence-corrected chi connectivity index (χ0v) is 12.4. The van der Waals surface area contributed by atoms with Crippen molar-refractivity contribution >= 4 is 16.7 Å². The van der Waals surface area contributed by atoms with Gasteiger partial charge in [0.1, 0.15) is 5.82 Å². The molecule has 21 heavy (non-hydrogen) atoms. The summed E-state index contributed by atoms with van der Waals surface area (Å²) < 4.78 is 5.51. The number of para-hydroxylation sites is 1. The minimum Gasteiger partial charge on any atom is -0.381 e. The molecule has 0 aliphatic carbocycles. The predicted molar refractivity (Wildman–Crippen MR) is 85.3 cm³/mol. The Bertz CT molecular complexity index is 619. The number of pyridine rings is 1. The third-order valence-electron chi connectivity index (χ3n) is 3.25. The molecule has 0 bridgehead atoms. The first kappa shape index (κ1) is 15.3. The lowest BCUT2D eigenvalue weighted by molar-refractivity contribution is 0.131. The van der Waals surface area contributed by atoms with Crippen molar-refractivity contribution in [1.82, 2.24) is 4.98 Å². The Morgan fingerprint density at radius 3 is 2.86 bits per heavy atom. The molecule has 0 aliphatic rings. The molecule has 4 heteroatoms. The van der Waals surface area contributed by atoms with E-state index in [2.05, 4.69) is 23.3 Å². The maximum absolute atomic E-state index is 9.23. The van der Waals surface area contributed by atoms with Crippen molar-refractivity contribution in [2.24, 2.45) is 0 Å². The molecule has 1 aromatic carbocycles. The first-order valence-corrected chi connectivity index (χ1v) is 7.46. The van der Waals surface area contributed by atoms with Crippen LogP contribution in [0.25, 0.3) is 10.9 Å². The Hall–Kier alpha value is -2.12. The summed E-state index contributed by atoms with van der Waals surface area (Å²) in [6.07, 6.45) is 3.21. The number of benzene rings is 1. The van der Waals surface area contributed by atoms with Gasteiger partial charge in [-0.05, 0) is 25.0 Å². The summed E-state index contributed by atoms with van der Waals surface area (Å²) in [7, 11) is 0. The Balaban J connectivity index is 1.89. The van der Waals surface area contributed by atoms with Crippen LogP contribution in [0.5, 0.6) is 0 Å². The van der Waals surface area contributed by atoms with E-state index in [1.807, 2.05) is 24.3 Å². The molecule has 1 aromatic heterocycles. The van der Waals surface area contributed by atoms with Gasteiger partial charge in [-0.3, -0.25) is 0 Å². The Morgan fingerprint density at radius 2 is 2.05 bits per heavy atom.